The molecule has 2 N–H and O–H groups in total. The molecule has 0 aromatic heterocycles. The van der Waals surface area contributed by atoms with E-state index in [0.29, 0.717) is 12.3 Å². The van der Waals surface area contributed by atoms with E-state index in [1.54, 1.807) is 12.1 Å². The molecule has 1 fully saturated rings. The van der Waals surface area contributed by atoms with E-state index >= 15 is 0 Å². The summed E-state index contributed by atoms with van der Waals surface area (Å²) >= 11 is 0. The van der Waals surface area contributed by atoms with E-state index in [0.717, 1.165) is 37.8 Å². The summed E-state index contributed by atoms with van der Waals surface area (Å²) in [6.07, 6.45) is 5.02. The van der Waals surface area contributed by atoms with Gasteiger partial charge in [-0.1, -0.05) is 31.4 Å². The molecule has 0 aliphatic heterocycles. The Balaban J connectivity index is 1.51. The third-order valence-corrected chi connectivity index (χ3v) is 5.37. The van der Waals surface area contributed by atoms with E-state index in [1.165, 1.54) is 30.7 Å². The van der Waals surface area contributed by atoms with Crippen molar-refractivity contribution in [1.82, 2.24) is 5.32 Å². The smallest absolute Gasteiger partial charge is 0.123 e. The number of nitrogens with one attached hydrogen (secondary N) is 1. The fourth-order valence-corrected chi connectivity index (χ4v) is 3.86. The minimum Gasteiger partial charge on any atom is -0.491 e. The lowest BCUT2D eigenvalue weighted by molar-refractivity contribution is 0.103. The van der Waals surface area contributed by atoms with Crippen molar-refractivity contribution in [2.45, 2.75) is 43.6 Å². The Morgan fingerprint density at radius 1 is 0.926 bits per heavy atom. The van der Waals surface area contributed by atoms with Crippen molar-refractivity contribution in [1.29, 1.82) is 0 Å². The van der Waals surface area contributed by atoms with Gasteiger partial charge in [-0.15, -0.1) is 0 Å². The number of hydrogen-bond acceptors (Lipinski definition) is 3. The molecule has 1 saturated carbocycles. The SMILES string of the molecule is OC(CNCC1(c2ccc(F)cc2)CCCCC1)COc1ccc(F)cc1. The first-order valence-corrected chi connectivity index (χ1v) is 9.61. The van der Waals surface area contributed by atoms with Crippen LogP contribution in [0.4, 0.5) is 8.78 Å². The van der Waals surface area contributed by atoms with Gasteiger partial charge in [-0.25, -0.2) is 8.78 Å². The van der Waals surface area contributed by atoms with Crippen molar-refractivity contribution >= 4 is 0 Å². The summed E-state index contributed by atoms with van der Waals surface area (Å²) in [7, 11) is 0. The number of rotatable bonds is 8. The molecular weight excluding hydrogens is 348 g/mol. The van der Waals surface area contributed by atoms with Crippen LogP contribution in [0.15, 0.2) is 48.5 Å². The summed E-state index contributed by atoms with van der Waals surface area (Å²) in [5.74, 6) is -0.000292. The number of aliphatic hydroxyl groups excluding tert-OH is 1. The fourth-order valence-electron chi connectivity index (χ4n) is 3.86. The molecule has 1 aliphatic rings. The van der Waals surface area contributed by atoms with Gasteiger partial charge >= 0.3 is 0 Å². The zero-order chi connectivity index (χ0) is 19.1. The highest BCUT2D eigenvalue weighted by Crippen LogP contribution is 2.39. The Morgan fingerprint density at radius 2 is 1.52 bits per heavy atom. The molecule has 1 atom stereocenters. The van der Waals surface area contributed by atoms with Crippen molar-refractivity contribution in [2.24, 2.45) is 0 Å². The maximum atomic E-state index is 13.3. The van der Waals surface area contributed by atoms with Gasteiger partial charge in [0.05, 0.1) is 0 Å². The van der Waals surface area contributed by atoms with Gasteiger partial charge in [0.1, 0.15) is 30.1 Å². The Kier molecular flexibility index (Phi) is 6.80. The summed E-state index contributed by atoms with van der Waals surface area (Å²) in [5.41, 5.74) is 1.15. The molecule has 27 heavy (non-hydrogen) atoms. The van der Waals surface area contributed by atoms with Gasteiger partial charge in [-0.2, -0.15) is 0 Å². The van der Waals surface area contributed by atoms with Gasteiger partial charge in [-0.05, 0) is 54.8 Å². The summed E-state index contributed by atoms with van der Waals surface area (Å²) in [5, 5.41) is 13.5. The van der Waals surface area contributed by atoms with Crippen LogP contribution in [0.5, 0.6) is 5.75 Å². The Hall–Kier alpha value is -1.98. The molecule has 5 heteroatoms. The lowest BCUT2D eigenvalue weighted by Gasteiger charge is -2.38. The second-order valence-electron chi connectivity index (χ2n) is 7.40. The summed E-state index contributed by atoms with van der Waals surface area (Å²) in [6, 6.07) is 12.6. The van der Waals surface area contributed by atoms with Crippen LogP contribution < -0.4 is 10.1 Å². The predicted molar refractivity (Wildman–Crippen MR) is 102 cm³/mol. The van der Waals surface area contributed by atoms with E-state index in [1.807, 2.05) is 12.1 Å². The average molecular weight is 375 g/mol. The Morgan fingerprint density at radius 3 is 2.15 bits per heavy atom. The second kappa shape index (κ2) is 9.29. The standard InChI is InChI=1S/C22H27F2NO2/c23-18-6-4-17(5-7-18)22(12-2-1-3-13-22)16-25-14-20(26)15-27-21-10-8-19(24)9-11-21/h4-11,20,25-26H,1-3,12-16H2. The minimum atomic E-state index is -0.663. The quantitative estimate of drug-likeness (QED) is 0.727. The highest BCUT2D eigenvalue weighted by molar-refractivity contribution is 5.27. The van der Waals surface area contributed by atoms with Crippen LogP contribution in [-0.4, -0.2) is 30.9 Å². The maximum Gasteiger partial charge on any atom is 0.123 e. The van der Waals surface area contributed by atoms with Gasteiger partial charge in [0.2, 0.25) is 0 Å². The number of hydrogen-bond donors (Lipinski definition) is 2. The van der Waals surface area contributed by atoms with Crippen molar-refractivity contribution in [2.75, 3.05) is 19.7 Å². The molecule has 0 saturated heterocycles. The van der Waals surface area contributed by atoms with Gasteiger partial charge in [0.15, 0.2) is 0 Å². The monoisotopic (exact) mass is 375 g/mol. The molecular formula is C22H27F2NO2. The predicted octanol–water partition coefficient (Wildman–Crippen LogP) is 4.20. The van der Waals surface area contributed by atoms with E-state index in [-0.39, 0.29) is 23.7 Å². The Bertz CT molecular complexity index is 697. The van der Waals surface area contributed by atoms with Crippen molar-refractivity contribution in [3.8, 4) is 5.75 Å². The molecule has 2 aromatic carbocycles. The first-order valence-electron chi connectivity index (χ1n) is 9.61. The highest BCUT2D eigenvalue weighted by Gasteiger charge is 2.33. The largest absolute Gasteiger partial charge is 0.491 e. The summed E-state index contributed by atoms with van der Waals surface area (Å²) < 4.78 is 31.7. The van der Waals surface area contributed by atoms with Crippen LogP contribution in [0.1, 0.15) is 37.7 Å². The summed E-state index contributed by atoms with van der Waals surface area (Å²) in [4.78, 5) is 0. The van der Waals surface area contributed by atoms with E-state index < -0.39 is 6.10 Å². The number of aliphatic hydroxyl groups is 1. The molecule has 0 radical (unpaired) electrons. The first-order chi connectivity index (χ1) is 13.1. The van der Waals surface area contributed by atoms with Crippen LogP contribution in [0.2, 0.25) is 0 Å². The topological polar surface area (TPSA) is 41.5 Å². The van der Waals surface area contributed by atoms with Crippen LogP contribution in [0.3, 0.4) is 0 Å². The minimum absolute atomic E-state index is 0.0104. The molecule has 3 nitrogen and oxygen atoms in total. The van der Waals surface area contributed by atoms with Gasteiger partial charge in [0.25, 0.3) is 0 Å². The molecule has 3 rings (SSSR count). The summed E-state index contributed by atoms with van der Waals surface area (Å²) in [6.45, 7) is 1.29. The normalized spacial score (nSPS) is 17.4. The third-order valence-electron chi connectivity index (χ3n) is 5.37. The first kappa shape index (κ1) is 19.8. The van der Waals surface area contributed by atoms with Crippen molar-refractivity contribution in [3.63, 3.8) is 0 Å². The van der Waals surface area contributed by atoms with E-state index in [4.69, 9.17) is 4.74 Å². The second-order valence-corrected chi connectivity index (χ2v) is 7.40. The number of halogens is 2. The molecule has 0 amide bonds. The maximum absolute atomic E-state index is 13.3. The van der Waals surface area contributed by atoms with Crippen LogP contribution in [0, 0.1) is 11.6 Å². The molecule has 146 valence electrons. The highest BCUT2D eigenvalue weighted by atomic mass is 19.1. The number of benzene rings is 2. The molecule has 0 spiro atoms. The van der Waals surface area contributed by atoms with Crippen molar-refractivity contribution < 1.29 is 18.6 Å². The fraction of sp³-hybridized carbons (Fsp3) is 0.455. The van der Waals surface area contributed by atoms with E-state index in [2.05, 4.69) is 5.32 Å². The molecule has 1 aliphatic carbocycles. The lowest BCUT2D eigenvalue weighted by Crippen LogP contribution is -2.43. The zero-order valence-corrected chi connectivity index (χ0v) is 15.5. The zero-order valence-electron chi connectivity index (χ0n) is 15.5. The van der Waals surface area contributed by atoms with Gasteiger partial charge in [-0.3, -0.25) is 0 Å². The Labute approximate surface area is 159 Å². The molecule has 1 unspecified atom stereocenters. The lowest BCUT2D eigenvalue weighted by atomic mass is 9.69. The van der Waals surface area contributed by atoms with Crippen LogP contribution >= 0.6 is 0 Å². The third kappa shape index (κ3) is 5.50. The average Bonchev–Trinajstić information content (AvgIpc) is 2.69. The van der Waals surface area contributed by atoms with Gasteiger partial charge < -0.3 is 15.2 Å². The van der Waals surface area contributed by atoms with Crippen molar-refractivity contribution in [3.05, 3.63) is 65.7 Å². The molecule has 2 aromatic rings. The van der Waals surface area contributed by atoms with E-state index in [9.17, 15) is 13.9 Å². The van der Waals surface area contributed by atoms with Gasteiger partial charge in [0, 0.05) is 18.5 Å². The van der Waals surface area contributed by atoms with Crippen LogP contribution in [0.25, 0.3) is 0 Å². The molecule has 0 heterocycles. The number of ether oxygens (including phenoxy) is 1. The molecule has 0 bridgehead atoms. The van der Waals surface area contributed by atoms with Crippen LogP contribution in [-0.2, 0) is 5.41 Å².